The molecule has 0 radical (unpaired) electrons. The van der Waals surface area contributed by atoms with Crippen molar-refractivity contribution in [2.24, 2.45) is 0 Å². The molecule has 0 amide bonds. The SMILES string of the molecule is O=[N+]([O-])[O][Co]([OH])([OH])([OH])([OH])[OH]. The maximum atomic E-state index is 9.24. The molecule has 0 aromatic heterocycles. The predicted octanol–water partition coefficient (Wildman–Crippen LogP) is -3.13. The van der Waals surface area contributed by atoms with Crippen LogP contribution in [0.1, 0.15) is 0 Å². The van der Waals surface area contributed by atoms with Crippen molar-refractivity contribution in [3.05, 3.63) is 10.1 Å². The van der Waals surface area contributed by atoms with E-state index in [9.17, 15) is 10.1 Å². The van der Waals surface area contributed by atoms with Gasteiger partial charge < -0.3 is 0 Å². The molecule has 0 saturated heterocycles. The summed E-state index contributed by atoms with van der Waals surface area (Å²) in [6.07, 6.45) is 0. The molecule has 0 saturated carbocycles. The van der Waals surface area contributed by atoms with Crippen molar-refractivity contribution in [1.82, 2.24) is 0 Å². The zero-order chi connectivity index (χ0) is 8.69. The van der Waals surface area contributed by atoms with Gasteiger partial charge in [0.2, 0.25) is 0 Å². The van der Waals surface area contributed by atoms with Gasteiger partial charge in [-0.1, -0.05) is 0 Å². The van der Waals surface area contributed by atoms with E-state index in [4.69, 9.17) is 21.1 Å². The van der Waals surface area contributed by atoms with E-state index in [1.807, 2.05) is 0 Å². The quantitative estimate of drug-likeness (QED) is 0.234. The van der Waals surface area contributed by atoms with Crippen LogP contribution in [0, 0.1) is 10.1 Å². The third-order valence-corrected chi connectivity index (χ3v) is 0.766. The molecule has 0 unspecified atom stereocenters. The Morgan fingerprint density at radius 3 is 1.50 bits per heavy atom. The van der Waals surface area contributed by atoms with Crippen molar-refractivity contribution >= 4 is 0 Å². The number of nitrogens with zero attached hydrogens (tertiary/aromatic N) is 1. The Morgan fingerprint density at radius 2 is 1.50 bits per heavy atom. The van der Waals surface area contributed by atoms with E-state index in [0.717, 1.165) is 0 Å². The Morgan fingerprint density at radius 1 is 1.20 bits per heavy atom. The molecule has 0 atom stereocenters. The zero-order valence-corrected chi connectivity index (χ0v) is 5.28. The van der Waals surface area contributed by atoms with Crippen molar-refractivity contribution in [2.45, 2.75) is 0 Å². The van der Waals surface area contributed by atoms with Crippen molar-refractivity contribution in [3.63, 3.8) is 0 Å². The van der Waals surface area contributed by atoms with Crippen LogP contribution in [0.15, 0.2) is 0 Å². The summed E-state index contributed by atoms with van der Waals surface area (Å²) in [6.45, 7) is 0. The summed E-state index contributed by atoms with van der Waals surface area (Å²) in [4.78, 5) is 9.24. The van der Waals surface area contributed by atoms with E-state index < -0.39 is 17.6 Å². The molecular formula is H5CoNO8. The Kier molecular flexibility index (Phi) is 1.33. The third-order valence-electron chi connectivity index (χ3n) is 0.186. The van der Waals surface area contributed by atoms with Crippen molar-refractivity contribution in [1.29, 1.82) is 0 Å². The van der Waals surface area contributed by atoms with Crippen LogP contribution in [0.2, 0.25) is 0 Å². The minimum absolute atomic E-state index is 1.96. The predicted molar refractivity (Wildman–Crippen MR) is 19.2 cm³/mol. The molecule has 67 valence electrons. The average molecular weight is 206 g/mol. The fourth-order valence-electron chi connectivity index (χ4n) is 0.111. The van der Waals surface area contributed by atoms with E-state index in [0.29, 0.717) is 0 Å². The monoisotopic (exact) mass is 206 g/mol. The second-order valence-electron chi connectivity index (χ2n) is 1.26. The van der Waals surface area contributed by atoms with Gasteiger partial charge in [0.1, 0.15) is 0 Å². The second-order valence-corrected chi connectivity index (χ2v) is 4.48. The number of hydrogen-bond acceptors (Lipinski definition) is 8. The molecular weight excluding hydrogens is 201 g/mol. The van der Waals surface area contributed by atoms with Crippen LogP contribution in [-0.2, 0) is 16.4 Å². The molecule has 5 N–H and O–H groups in total. The average Bonchev–Trinajstić information content (AvgIpc) is 1.12. The van der Waals surface area contributed by atoms with E-state index in [1.54, 1.807) is 0 Å². The first-order valence-electron chi connectivity index (χ1n) is 1.43. The first kappa shape index (κ1) is 9.51. The number of rotatable bonds is 2. The molecule has 0 spiro atoms. The van der Waals surface area contributed by atoms with Gasteiger partial charge in [-0.05, 0) is 0 Å². The van der Waals surface area contributed by atoms with Crippen LogP contribution in [0.3, 0.4) is 0 Å². The molecule has 0 bridgehead atoms. The number of hydrogen-bond donors (Lipinski definition) is 5. The summed E-state index contributed by atoms with van der Waals surface area (Å²) in [7, 11) is 0. The van der Waals surface area contributed by atoms with E-state index >= 15 is 0 Å². The molecule has 0 fully saturated rings. The fourth-order valence-corrected chi connectivity index (χ4v) is 0.458. The molecule has 10 heavy (non-hydrogen) atoms. The van der Waals surface area contributed by atoms with Crippen LogP contribution < -0.4 is 0 Å². The van der Waals surface area contributed by atoms with E-state index in [1.165, 1.54) is 0 Å². The molecule has 0 aliphatic carbocycles. The van der Waals surface area contributed by atoms with Crippen LogP contribution in [0.5, 0.6) is 0 Å². The van der Waals surface area contributed by atoms with Crippen LogP contribution in [0.4, 0.5) is 0 Å². The Balaban J connectivity index is 4.59. The topological polar surface area (TPSA) is 154 Å². The summed E-state index contributed by atoms with van der Waals surface area (Å²) in [6, 6.07) is 0. The molecule has 0 aliphatic rings. The van der Waals surface area contributed by atoms with Crippen LogP contribution in [0.25, 0.3) is 0 Å². The maximum absolute atomic E-state index is 9.24. The first-order chi connectivity index (χ1) is 3.89. The molecule has 0 aliphatic heterocycles. The molecule has 0 aromatic rings. The Hall–Kier alpha value is -0.494. The van der Waals surface area contributed by atoms with Crippen molar-refractivity contribution in [2.75, 3.05) is 0 Å². The molecule has 0 aromatic carbocycles. The summed E-state index contributed by atoms with van der Waals surface area (Å²) < 4.78 is 41.5. The molecule has 0 rings (SSSR count). The van der Waals surface area contributed by atoms with Gasteiger partial charge in [-0.3, -0.25) is 0 Å². The Labute approximate surface area is 53.7 Å². The Bertz CT molecular complexity index is 157. The summed E-state index contributed by atoms with van der Waals surface area (Å²) in [5.74, 6) is 0. The third kappa shape index (κ3) is 7.51. The van der Waals surface area contributed by atoms with Gasteiger partial charge in [-0.15, -0.1) is 0 Å². The van der Waals surface area contributed by atoms with E-state index in [-0.39, 0.29) is 0 Å². The second kappa shape index (κ2) is 1.40. The normalized spacial score (nSPS) is 18.9. The first-order valence-corrected chi connectivity index (χ1v) is 4.18. The standard InChI is InChI=1S/Co.NO3.5H2O/c;2-1(3)4;;;;;/h;;5*1H2/q+6;-1;;;;;/p-5. The summed E-state index contributed by atoms with van der Waals surface area (Å²) >= 11 is -7.99. The van der Waals surface area contributed by atoms with Crippen molar-refractivity contribution < 1.29 is 42.6 Å². The summed E-state index contributed by atoms with van der Waals surface area (Å²) in [5.41, 5.74) is 0. The minimum atomic E-state index is -7.99. The van der Waals surface area contributed by atoms with Gasteiger partial charge in [0.25, 0.3) is 0 Å². The van der Waals surface area contributed by atoms with Crippen LogP contribution in [-0.4, -0.2) is 26.2 Å². The van der Waals surface area contributed by atoms with E-state index in [2.05, 4.69) is 3.95 Å². The molecule has 10 heteroatoms. The van der Waals surface area contributed by atoms with Gasteiger partial charge >= 0.3 is 52.7 Å². The van der Waals surface area contributed by atoms with Crippen molar-refractivity contribution in [3.8, 4) is 0 Å². The molecule has 0 heterocycles. The van der Waals surface area contributed by atoms with Gasteiger partial charge in [0, 0.05) is 0 Å². The van der Waals surface area contributed by atoms with Gasteiger partial charge in [-0.25, -0.2) is 0 Å². The van der Waals surface area contributed by atoms with Gasteiger partial charge in [-0.2, -0.15) is 0 Å². The fraction of sp³-hybridized carbons (Fsp3) is 0. The van der Waals surface area contributed by atoms with Gasteiger partial charge in [0.15, 0.2) is 0 Å². The summed E-state index contributed by atoms with van der Waals surface area (Å²) in [5, 5.41) is 7.28. The van der Waals surface area contributed by atoms with Crippen LogP contribution >= 0.6 is 0 Å². The molecule has 9 nitrogen and oxygen atoms in total. The van der Waals surface area contributed by atoms with Gasteiger partial charge in [0.05, 0.1) is 0 Å². The zero-order valence-electron chi connectivity index (χ0n) is 4.24.